The van der Waals surface area contributed by atoms with E-state index in [1.165, 1.54) is 5.56 Å². The fourth-order valence-electron chi connectivity index (χ4n) is 1.50. The van der Waals surface area contributed by atoms with E-state index in [2.05, 4.69) is 36.8 Å². The Morgan fingerprint density at radius 1 is 1.29 bits per heavy atom. The Kier molecular flexibility index (Phi) is 2.59. The van der Waals surface area contributed by atoms with Crippen LogP contribution in [0.2, 0.25) is 0 Å². The average molecular weight is 204 g/mol. The smallest absolute Gasteiger partial charge is 0.0968 e. The van der Waals surface area contributed by atoms with Crippen LogP contribution in [-0.2, 0) is 6.42 Å². The number of aromatic nitrogens is 2. The predicted molar refractivity (Wildman–Crippen MR) is 60.2 cm³/mol. The van der Waals surface area contributed by atoms with E-state index in [4.69, 9.17) is 0 Å². The normalized spacial score (nSPS) is 10.4. The van der Waals surface area contributed by atoms with Crippen molar-refractivity contribution >= 4 is 12.6 Å². The third-order valence-electron chi connectivity index (χ3n) is 2.22. The monoisotopic (exact) mass is 204 g/mol. The first-order valence-corrected chi connectivity index (χ1v) is 5.09. The molecule has 0 saturated heterocycles. The summed E-state index contributed by atoms with van der Waals surface area (Å²) in [6.07, 6.45) is 2.76. The number of benzene rings is 1. The highest BCUT2D eigenvalue weighted by molar-refractivity contribution is 7.80. The molecule has 0 unspecified atom stereocenters. The molecule has 0 spiro atoms. The van der Waals surface area contributed by atoms with Gasteiger partial charge in [-0.2, -0.15) is 5.10 Å². The van der Waals surface area contributed by atoms with Gasteiger partial charge in [0.2, 0.25) is 0 Å². The van der Waals surface area contributed by atoms with Gasteiger partial charge in [0.1, 0.15) is 0 Å². The summed E-state index contributed by atoms with van der Waals surface area (Å²) in [5.74, 6) is 0. The van der Waals surface area contributed by atoms with Crippen LogP contribution in [0.25, 0.3) is 5.69 Å². The van der Waals surface area contributed by atoms with Gasteiger partial charge in [-0.1, -0.05) is 25.1 Å². The number of thiol groups is 1. The summed E-state index contributed by atoms with van der Waals surface area (Å²) in [5.41, 5.74) is 2.40. The number of hydrogen-bond acceptors (Lipinski definition) is 2. The number of nitrogens with zero attached hydrogens (tertiary/aromatic N) is 2. The fourth-order valence-corrected chi connectivity index (χ4v) is 1.72. The lowest BCUT2D eigenvalue weighted by atomic mass is 10.1. The van der Waals surface area contributed by atoms with Gasteiger partial charge in [0.05, 0.1) is 16.9 Å². The van der Waals surface area contributed by atoms with Crippen molar-refractivity contribution in [3.05, 3.63) is 42.1 Å². The summed E-state index contributed by atoms with van der Waals surface area (Å²) >= 11 is 4.35. The molecule has 1 heterocycles. The van der Waals surface area contributed by atoms with E-state index in [1.54, 1.807) is 6.20 Å². The molecule has 0 aliphatic rings. The fraction of sp³-hybridized carbons (Fsp3) is 0.182. The first kappa shape index (κ1) is 9.34. The summed E-state index contributed by atoms with van der Waals surface area (Å²) in [6, 6.07) is 10.1. The zero-order valence-corrected chi connectivity index (χ0v) is 8.91. The molecule has 0 saturated carbocycles. The molecule has 0 fully saturated rings. The Morgan fingerprint density at radius 3 is 2.71 bits per heavy atom. The van der Waals surface area contributed by atoms with Crippen LogP contribution in [0.3, 0.4) is 0 Å². The van der Waals surface area contributed by atoms with Gasteiger partial charge < -0.3 is 0 Å². The van der Waals surface area contributed by atoms with Crippen molar-refractivity contribution in [1.29, 1.82) is 0 Å². The van der Waals surface area contributed by atoms with Gasteiger partial charge in [-0.05, 0) is 24.1 Å². The Bertz CT molecular complexity index is 434. The minimum atomic E-state index is 0.867. The maximum absolute atomic E-state index is 4.35. The summed E-state index contributed by atoms with van der Waals surface area (Å²) in [5, 5.41) is 5.10. The van der Waals surface area contributed by atoms with E-state index in [0.717, 1.165) is 17.1 Å². The molecule has 0 aliphatic carbocycles. The van der Waals surface area contributed by atoms with Crippen LogP contribution in [0.4, 0.5) is 0 Å². The molecule has 0 atom stereocenters. The average Bonchev–Trinajstić information content (AvgIpc) is 2.64. The van der Waals surface area contributed by atoms with Gasteiger partial charge in [-0.25, -0.2) is 4.68 Å². The van der Waals surface area contributed by atoms with Gasteiger partial charge in [0.15, 0.2) is 0 Å². The second kappa shape index (κ2) is 3.88. The molecule has 72 valence electrons. The molecule has 1 aromatic carbocycles. The maximum atomic E-state index is 4.35. The van der Waals surface area contributed by atoms with Crippen molar-refractivity contribution < 1.29 is 0 Å². The maximum Gasteiger partial charge on any atom is 0.0968 e. The molecule has 0 bridgehead atoms. The first-order chi connectivity index (χ1) is 6.83. The second-order valence-electron chi connectivity index (χ2n) is 3.08. The summed E-state index contributed by atoms with van der Waals surface area (Å²) in [6.45, 7) is 2.14. The van der Waals surface area contributed by atoms with Gasteiger partial charge in [0, 0.05) is 0 Å². The highest BCUT2D eigenvalue weighted by Crippen LogP contribution is 2.17. The largest absolute Gasteiger partial charge is 0.227 e. The van der Waals surface area contributed by atoms with Crippen LogP contribution >= 0.6 is 12.6 Å². The quantitative estimate of drug-likeness (QED) is 0.745. The summed E-state index contributed by atoms with van der Waals surface area (Å²) in [7, 11) is 0. The highest BCUT2D eigenvalue weighted by atomic mass is 32.1. The van der Waals surface area contributed by atoms with E-state index in [1.807, 2.05) is 22.9 Å². The van der Waals surface area contributed by atoms with E-state index in [-0.39, 0.29) is 0 Å². The Hall–Kier alpha value is -1.22. The Morgan fingerprint density at radius 2 is 2.07 bits per heavy atom. The van der Waals surface area contributed by atoms with Crippen molar-refractivity contribution in [3.8, 4) is 5.69 Å². The molecular formula is C11H12N2S. The predicted octanol–water partition coefficient (Wildman–Crippen LogP) is 2.72. The van der Waals surface area contributed by atoms with Crippen molar-refractivity contribution in [1.82, 2.24) is 9.78 Å². The first-order valence-electron chi connectivity index (χ1n) is 4.64. The van der Waals surface area contributed by atoms with Gasteiger partial charge in [-0.3, -0.25) is 0 Å². The molecule has 3 heteroatoms. The van der Waals surface area contributed by atoms with E-state index in [0.29, 0.717) is 0 Å². The molecule has 0 N–H and O–H groups in total. The minimum absolute atomic E-state index is 0.867. The molecule has 2 nitrogen and oxygen atoms in total. The van der Waals surface area contributed by atoms with Crippen LogP contribution in [0.1, 0.15) is 12.5 Å². The third-order valence-corrected chi connectivity index (χ3v) is 2.56. The molecule has 0 amide bonds. The van der Waals surface area contributed by atoms with Gasteiger partial charge in [-0.15, -0.1) is 12.6 Å². The van der Waals surface area contributed by atoms with Crippen LogP contribution in [-0.4, -0.2) is 9.78 Å². The molecular weight excluding hydrogens is 192 g/mol. The zero-order chi connectivity index (χ0) is 9.97. The SMILES string of the molecule is CCc1ccccc1-n1nccc1S. The number of aryl methyl sites for hydroxylation is 1. The zero-order valence-electron chi connectivity index (χ0n) is 8.01. The van der Waals surface area contributed by atoms with E-state index >= 15 is 0 Å². The minimum Gasteiger partial charge on any atom is -0.227 e. The number of hydrogen-bond donors (Lipinski definition) is 1. The third kappa shape index (κ3) is 1.55. The molecule has 1 aromatic heterocycles. The standard InChI is InChI=1S/C11H12N2S/c1-2-9-5-3-4-6-10(9)13-11(14)7-8-12-13/h3-8,14H,2H2,1H3. The molecule has 0 aliphatic heterocycles. The second-order valence-corrected chi connectivity index (χ2v) is 3.54. The lowest BCUT2D eigenvalue weighted by molar-refractivity contribution is 0.794. The lowest BCUT2D eigenvalue weighted by Gasteiger charge is -2.08. The molecule has 14 heavy (non-hydrogen) atoms. The van der Waals surface area contributed by atoms with Crippen LogP contribution < -0.4 is 0 Å². The van der Waals surface area contributed by atoms with Crippen LogP contribution in [0.5, 0.6) is 0 Å². The number of para-hydroxylation sites is 1. The van der Waals surface area contributed by atoms with Crippen molar-refractivity contribution in [2.45, 2.75) is 18.4 Å². The van der Waals surface area contributed by atoms with Crippen molar-refractivity contribution in [3.63, 3.8) is 0 Å². The number of rotatable bonds is 2. The van der Waals surface area contributed by atoms with Crippen molar-refractivity contribution in [2.75, 3.05) is 0 Å². The van der Waals surface area contributed by atoms with E-state index in [9.17, 15) is 0 Å². The van der Waals surface area contributed by atoms with Gasteiger partial charge in [0.25, 0.3) is 0 Å². The van der Waals surface area contributed by atoms with Crippen LogP contribution in [0, 0.1) is 0 Å². The van der Waals surface area contributed by atoms with Crippen molar-refractivity contribution in [2.24, 2.45) is 0 Å². The lowest BCUT2D eigenvalue weighted by Crippen LogP contribution is -2.00. The highest BCUT2D eigenvalue weighted by Gasteiger charge is 2.04. The van der Waals surface area contributed by atoms with Crippen LogP contribution in [0.15, 0.2) is 41.6 Å². The summed E-state index contributed by atoms with van der Waals surface area (Å²) in [4.78, 5) is 0. The van der Waals surface area contributed by atoms with Gasteiger partial charge >= 0.3 is 0 Å². The summed E-state index contributed by atoms with van der Waals surface area (Å²) < 4.78 is 1.85. The molecule has 0 radical (unpaired) electrons. The topological polar surface area (TPSA) is 17.8 Å². The Labute approximate surface area is 89.0 Å². The molecule has 2 rings (SSSR count). The molecule has 2 aromatic rings. The van der Waals surface area contributed by atoms with E-state index < -0.39 is 0 Å². The Balaban J connectivity index is 2.56.